The van der Waals surface area contributed by atoms with Crippen LogP contribution in [0, 0.1) is 0 Å². The van der Waals surface area contributed by atoms with Crippen LogP contribution in [0.2, 0.25) is 0 Å². The topological polar surface area (TPSA) is 28.3 Å². The molecule has 2 aliphatic heterocycles. The smallest absolute Gasteiger partial charge is 0.434 e. The van der Waals surface area contributed by atoms with E-state index >= 15 is 0 Å². The molecule has 0 unspecified atom stereocenters. The van der Waals surface area contributed by atoms with Crippen molar-refractivity contribution in [2.75, 3.05) is 0 Å². The number of para-hydroxylation sites is 5. The van der Waals surface area contributed by atoms with Crippen LogP contribution in [0.25, 0.3) is 66.1 Å². The van der Waals surface area contributed by atoms with Crippen LogP contribution in [0.5, 0.6) is 17.2 Å². The number of ether oxygens (including phenoxy) is 1. The maximum atomic E-state index is 6.96. The summed E-state index contributed by atoms with van der Waals surface area (Å²) in [6.45, 7) is -0.280. The number of hydrogen-bond donors (Lipinski definition) is 0. The van der Waals surface area contributed by atoms with Crippen LogP contribution < -0.4 is 20.3 Å². The summed E-state index contributed by atoms with van der Waals surface area (Å²) in [5.41, 5.74) is 11.1. The fourth-order valence-electron chi connectivity index (χ4n) is 8.00. The molecule has 47 heavy (non-hydrogen) atoms. The van der Waals surface area contributed by atoms with Crippen molar-refractivity contribution in [2.45, 2.75) is 0 Å². The fraction of sp³-hybridized carbons (Fsp3) is 0. The molecule has 0 saturated heterocycles. The van der Waals surface area contributed by atoms with Crippen molar-refractivity contribution in [1.29, 1.82) is 0 Å². The van der Waals surface area contributed by atoms with Crippen LogP contribution in [-0.2, 0) is 0 Å². The maximum absolute atomic E-state index is 6.96. The molecule has 2 aromatic heterocycles. The van der Waals surface area contributed by atoms with Gasteiger partial charge in [0.05, 0.1) is 27.8 Å². The molecule has 0 radical (unpaired) electrons. The van der Waals surface area contributed by atoms with Gasteiger partial charge in [0.15, 0.2) is 0 Å². The Morgan fingerprint density at radius 1 is 0.404 bits per heavy atom. The lowest BCUT2D eigenvalue weighted by molar-refractivity contribution is 0.479. The Bertz CT molecular complexity index is 2670. The molecule has 0 N–H and O–H groups in total. The van der Waals surface area contributed by atoms with Crippen LogP contribution in [0.15, 0.2) is 152 Å². The number of fused-ring (bicyclic) bond motifs is 10. The Kier molecular flexibility index (Phi) is 4.89. The molecule has 0 saturated carbocycles. The van der Waals surface area contributed by atoms with E-state index in [9.17, 15) is 0 Å². The molecule has 5 heteroatoms. The van der Waals surface area contributed by atoms with Gasteiger partial charge in [0.1, 0.15) is 17.2 Å². The molecule has 0 amide bonds. The van der Waals surface area contributed by atoms with E-state index in [4.69, 9.17) is 9.39 Å². The van der Waals surface area contributed by atoms with E-state index in [2.05, 4.69) is 155 Å². The average Bonchev–Trinajstić information content (AvgIpc) is 3.64. The van der Waals surface area contributed by atoms with Crippen molar-refractivity contribution in [3.8, 4) is 39.8 Å². The van der Waals surface area contributed by atoms with E-state index in [1.54, 1.807) is 0 Å². The molecule has 4 heterocycles. The summed E-state index contributed by atoms with van der Waals surface area (Å²) < 4.78 is 18.5. The predicted molar refractivity (Wildman–Crippen MR) is 193 cm³/mol. The van der Waals surface area contributed by atoms with Crippen molar-refractivity contribution in [3.63, 3.8) is 0 Å². The van der Waals surface area contributed by atoms with E-state index < -0.39 is 0 Å². The van der Waals surface area contributed by atoms with Gasteiger partial charge in [-0.05, 0) is 48.0 Å². The fourth-order valence-corrected chi connectivity index (χ4v) is 8.00. The third-order valence-corrected chi connectivity index (χ3v) is 9.99. The lowest BCUT2D eigenvalue weighted by atomic mass is 9.51. The molecule has 0 atom stereocenters. The van der Waals surface area contributed by atoms with Crippen LogP contribution in [-0.4, -0.2) is 16.0 Å². The predicted octanol–water partition coefficient (Wildman–Crippen LogP) is 9.15. The summed E-state index contributed by atoms with van der Waals surface area (Å²) in [5, 5.41) is 4.94. The first kappa shape index (κ1) is 25.0. The zero-order valence-corrected chi connectivity index (χ0v) is 25.2. The van der Waals surface area contributed by atoms with Crippen molar-refractivity contribution in [2.24, 2.45) is 0 Å². The largest absolute Gasteiger partial charge is 0.551 e. The van der Waals surface area contributed by atoms with E-state index in [0.717, 1.165) is 50.7 Å². The van der Waals surface area contributed by atoms with Gasteiger partial charge >= 0.3 is 6.92 Å². The zero-order chi connectivity index (χ0) is 30.6. The summed E-state index contributed by atoms with van der Waals surface area (Å²) in [6.07, 6.45) is 0. The first-order chi connectivity index (χ1) is 23.3. The highest BCUT2D eigenvalue weighted by Crippen LogP contribution is 2.42. The second-order valence-corrected chi connectivity index (χ2v) is 12.5. The molecule has 9 aromatic rings. The van der Waals surface area contributed by atoms with Crippen LogP contribution in [0.1, 0.15) is 0 Å². The standard InChI is InChI=1S/C42H25BN2O2/c1-6-16-35-28(11-1)29-12-2-7-17-36(29)44(35)26-21-22-34-40(24-26)46-41-25-27(23-33-32-15-5-10-20-39(32)47-43(34)42(33)41)45-37-18-8-3-13-30(37)31-14-4-9-19-38(31)45/h1-25H. The number of nitrogens with zero attached hydrogens (tertiary/aromatic N) is 2. The second kappa shape index (κ2) is 9.18. The van der Waals surface area contributed by atoms with E-state index in [-0.39, 0.29) is 6.92 Å². The maximum Gasteiger partial charge on any atom is 0.434 e. The summed E-state index contributed by atoms with van der Waals surface area (Å²) in [7, 11) is 0. The molecular formula is C42H25BN2O2. The Morgan fingerprint density at radius 3 is 1.53 bits per heavy atom. The van der Waals surface area contributed by atoms with E-state index in [1.807, 2.05) is 6.07 Å². The molecule has 2 aliphatic rings. The molecule has 0 bridgehead atoms. The van der Waals surface area contributed by atoms with E-state index in [0.29, 0.717) is 0 Å². The normalized spacial score (nSPS) is 13.0. The van der Waals surface area contributed by atoms with Crippen molar-refractivity contribution in [1.82, 2.24) is 9.13 Å². The van der Waals surface area contributed by atoms with Crippen molar-refractivity contribution >= 4 is 61.5 Å². The Morgan fingerprint density at radius 2 is 0.915 bits per heavy atom. The summed E-state index contributed by atoms with van der Waals surface area (Å²) in [6, 6.07) is 53.9. The Hall–Kier alpha value is -6.20. The molecule has 11 rings (SSSR count). The number of benzene rings is 7. The first-order valence-corrected chi connectivity index (χ1v) is 16.0. The number of aromatic nitrogens is 2. The number of hydrogen-bond acceptors (Lipinski definition) is 2. The van der Waals surface area contributed by atoms with E-state index in [1.165, 1.54) is 43.6 Å². The molecule has 0 spiro atoms. The quantitative estimate of drug-likeness (QED) is 0.185. The van der Waals surface area contributed by atoms with Crippen molar-refractivity contribution < 1.29 is 9.39 Å². The SMILES string of the molecule is c1ccc2c(c1)OB1c3ccc(-n4c5ccccc5c5ccccc54)cc3Oc3cc(-n4c5ccccc5c5ccccc54)cc-2c31. The first-order valence-electron chi connectivity index (χ1n) is 16.0. The minimum Gasteiger partial charge on any atom is -0.551 e. The van der Waals surface area contributed by atoms with Gasteiger partial charge < -0.3 is 18.5 Å². The summed E-state index contributed by atoms with van der Waals surface area (Å²) in [5.74, 6) is 2.52. The van der Waals surface area contributed by atoms with Crippen LogP contribution in [0.3, 0.4) is 0 Å². The van der Waals surface area contributed by atoms with Crippen LogP contribution in [0.4, 0.5) is 0 Å². The number of rotatable bonds is 2. The van der Waals surface area contributed by atoms with Gasteiger partial charge in [0.2, 0.25) is 0 Å². The average molecular weight is 600 g/mol. The third-order valence-electron chi connectivity index (χ3n) is 9.99. The van der Waals surface area contributed by atoms with Gasteiger partial charge in [-0.3, -0.25) is 0 Å². The Labute approximate surface area is 270 Å². The third kappa shape index (κ3) is 3.38. The minimum atomic E-state index is -0.280. The van der Waals surface area contributed by atoms with Gasteiger partial charge in [-0.25, -0.2) is 0 Å². The van der Waals surface area contributed by atoms with Gasteiger partial charge in [0.25, 0.3) is 0 Å². The highest BCUT2D eigenvalue weighted by atomic mass is 16.5. The van der Waals surface area contributed by atoms with Crippen molar-refractivity contribution in [3.05, 3.63) is 152 Å². The van der Waals surface area contributed by atoms with Gasteiger partial charge in [-0.15, -0.1) is 0 Å². The molecule has 7 aromatic carbocycles. The highest BCUT2D eigenvalue weighted by molar-refractivity contribution is 6.84. The van der Waals surface area contributed by atoms with Crippen LogP contribution >= 0.6 is 0 Å². The molecular weight excluding hydrogens is 575 g/mol. The molecule has 0 fully saturated rings. The van der Waals surface area contributed by atoms with Gasteiger partial charge in [-0.2, -0.15) is 0 Å². The van der Waals surface area contributed by atoms with Gasteiger partial charge in [-0.1, -0.05) is 97.1 Å². The Balaban J connectivity index is 1.16. The lowest BCUT2D eigenvalue weighted by Gasteiger charge is -2.33. The molecule has 4 nitrogen and oxygen atoms in total. The second-order valence-electron chi connectivity index (χ2n) is 12.5. The molecule has 0 aliphatic carbocycles. The zero-order valence-electron chi connectivity index (χ0n) is 25.2. The summed E-state index contributed by atoms with van der Waals surface area (Å²) >= 11 is 0. The van der Waals surface area contributed by atoms with Gasteiger partial charge in [0, 0.05) is 55.9 Å². The highest BCUT2D eigenvalue weighted by Gasteiger charge is 2.41. The lowest BCUT2D eigenvalue weighted by Crippen LogP contribution is -2.53. The molecule has 218 valence electrons. The minimum absolute atomic E-state index is 0.280. The monoisotopic (exact) mass is 600 g/mol. The summed E-state index contributed by atoms with van der Waals surface area (Å²) in [4.78, 5) is 0.